The Bertz CT molecular complexity index is 335. The van der Waals surface area contributed by atoms with E-state index in [2.05, 4.69) is 6.92 Å². The van der Waals surface area contributed by atoms with Crippen LogP contribution in [0, 0.1) is 0 Å². The van der Waals surface area contributed by atoms with Crippen LogP contribution in [0.2, 0.25) is 0 Å². The minimum absolute atomic E-state index is 0.266. The van der Waals surface area contributed by atoms with Gasteiger partial charge in [-0.2, -0.15) is 0 Å². The zero-order valence-electron chi connectivity index (χ0n) is 11.3. The maximum absolute atomic E-state index is 5.90. The van der Waals surface area contributed by atoms with E-state index in [-0.39, 0.29) is 6.10 Å². The third-order valence-corrected chi connectivity index (χ3v) is 4.14. The zero-order valence-corrected chi connectivity index (χ0v) is 12.1. The highest BCUT2D eigenvalue weighted by atomic mass is 32.1. The lowest BCUT2D eigenvalue weighted by Crippen LogP contribution is -2.28. The zero-order chi connectivity index (χ0) is 12.6. The molecule has 1 atom stereocenters. The van der Waals surface area contributed by atoms with Crippen molar-refractivity contribution in [3.05, 3.63) is 10.8 Å². The maximum Gasteiger partial charge on any atom is 0.172 e. The lowest BCUT2D eigenvalue weighted by Gasteiger charge is -2.24. The summed E-state index contributed by atoms with van der Waals surface area (Å²) >= 11 is 1.65. The van der Waals surface area contributed by atoms with Crippen LogP contribution in [0.25, 0.3) is 0 Å². The molecule has 1 unspecified atom stereocenters. The summed E-state index contributed by atoms with van der Waals surface area (Å²) in [5.41, 5.74) is 0. The predicted molar refractivity (Wildman–Crippen MR) is 76.8 cm³/mol. The van der Waals surface area contributed by atoms with Gasteiger partial charge in [-0.25, -0.2) is 0 Å². The Morgan fingerprint density at radius 3 is 2.61 bits per heavy atom. The fourth-order valence-corrected chi connectivity index (χ4v) is 3.00. The van der Waals surface area contributed by atoms with E-state index in [1.807, 2.05) is 10.8 Å². The van der Waals surface area contributed by atoms with Crippen molar-refractivity contribution in [1.82, 2.24) is 0 Å². The Hall–Kier alpha value is -0.700. The molecule has 2 nitrogen and oxygen atoms in total. The van der Waals surface area contributed by atoms with E-state index in [0.717, 1.165) is 24.5 Å². The molecule has 0 radical (unpaired) electrons. The average Bonchev–Trinajstić information content (AvgIpc) is 2.85. The summed E-state index contributed by atoms with van der Waals surface area (Å²) in [7, 11) is 0. The molecule has 0 N–H and O–H groups in total. The minimum Gasteiger partial charge on any atom is -0.485 e. The second-order valence-corrected chi connectivity index (χ2v) is 5.80. The smallest absolute Gasteiger partial charge is 0.172 e. The monoisotopic (exact) mass is 268 g/mol. The molecule has 0 fully saturated rings. The van der Waals surface area contributed by atoms with Gasteiger partial charge in [-0.3, -0.25) is 0 Å². The topological polar surface area (TPSA) is 18.5 Å². The Kier molecular flexibility index (Phi) is 5.85. The van der Waals surface area contributed by atoms with E-state index in [9.17, 15) is 0 Å². The van der Waals surface area contributed by atoms with E-state index in [0.29, 0.717) is 0 Å². The molecule has 0 aliphatic carbocycles. The molecule has 0 saturated heterocycles. The fraction of sp³-hybridized carbons (Fsp3) is 0.733. The van der Waals surface area contributed by atoms with Crippen LogP contribution >= 0.6 is 11.3 Å². The number of ether oxygens (including phenoxy) is 2. The van der Waals surface area contributed by atoms with Crippen LogP contribution in [0.3, 0.4) is 0 Å². The van der Waals surface area contributed by atoms with Crippen molar-refractivity contribution in [2.45, 2.75) is 64.4 Å². The van der Waals surface area contributed by atoms with Crippen LogP contribution in [0.5, 0.6) is 11.5 Å². The van der Waals surface area contributed by atoms with Crippen molar-refractivity contribution < 1.29 is 9.47 Å². The first-order valence-corrected chi connectivity index (χ1v) is 8.20. The molecule has 0 bridgehead atoms. The SMILES string of the molecule is CCCCCCCCCC1COc2cscc2O1. The summed E-state index contributed by atoms with van der Waals surface area (Å²) in [4.78, 5) is 0. The second kappa shape index (κ2) is 7.67. The van der Waals surface area contributed by atoms with Gasteiger partial charge in [0.15, 0.2) is 11.5 Å². The second-order valence-electron chi connectivity index (χ2n) is 5.06. The third-order valence-electron chi connectivity index (χ3n) is 3.44. The highest BCUT2D eigenvalue weighted by Gasteiger charge is 2.20. The van der Waals surface area contributed by atoms with E-state index in [1.165, 1.54) is 44.9 Å². The van der Waals surface area contributed by atoms with Gasteiger partial charge in [-0.1, -0.05) is 45.4 Å². The van der Waals surface area contributed by atoms with Crippen LogP contribution < -0.4 is 9.47 Å². The summed E-state index contributed by atoms with van der Waals surface area (Å²) < 4.78 is 11.6. The predicted octanol–water partition coefficient (Wildman–Crippen LogP) is 5.03. The van der Waals surface area contributed by atoms with Gasteiger partial charge in [-0.05, 0) is 12.8 Å². The van der Waals surface area contributed by atoms with Gasteiger partial charge in [0.25, 0.3) is 0 Å². The lowest BCUT2D eigenvalue weighted by molar-refractivity contribution is 0.0842. The number of fused-ring (bicyclic) bond motifs is 1. The lowest BCUT2D eigenvalue weighted by atomic mass is 10.1. The number of unbranched alkanes of at least 4 members (excludes halogenated alkanes) is 6. The summed E-state index contributed by atoms with van der Waals surface area (Å²) in [6.07, 6.45) is 10.9. The van der Waals surface area contributed by atoms with Crippen LogP contribution in [0.1, 0.15) is 58.3 Å². The number of hydrogen-bond acceptors (Lipinski definition) is 3. The Balaban J connectivity index is 1.53. The minimum atomic E-state index is 0.266. The fourth-order valence-electron chi connectivity index (χ4n) is 2.33. The van der Waals surface area contributed by atoms with Crippen molar-refractivity contribution in [2.75, 3.05) is 6.61 Å². The normalized spacial score (nSPS) is 17.9. The van der Waals surface area contributed by atoms with Gasteiger partial charge in [0.2, 0.25) is 0 Å². The van der Waals surface area contributed by atoms with Crippen LogP contribution in [-0.2, 0) is 0 Å². The van der Waals surface area contributed by atoms with E-state index < -0.39 is 0 Å². The third kappa shape index (κ3) is 4.20. The van der Waals surface area contributed by atoms with Crippen molar-refractivity contribution in [3.8, 4) is 11.5 Å². The molecular formula is C15H24O2S. The van der Waals surface area contributed by atoms with Gasteiger partial charge in [0.05, 0.1) is 0 Å². The van der Waals surface area contributed by atoms with Crippen molar-refractivity contribution in [1.29, 1.82) is 0 Å². The highest BCUT2D eigenvalue weighted by molar-refractivity contribution is 7.08. The quantitative estimate of drug-likeness (QED) is 0.616. The molecule has 3 heteroatoms. The molecule has 0 aromatic carbocycles. The molecule has 1 aliphatic heterocycles. The van der Waals surface area contributed by atoms with Gasteiger partial charge in [0.1, 0.15) is 12.7 Å². The number of rotatable bonds is 8. The molecule has 0 saturated carbocycles. The van der Waals surface area contributed by atoms with Gasteiger partial charge >= 0.3 is 0 Å². The molecule has 0 spiro atoms. The number of thiophene rings is 1. The molecule has 2 rings (SSSR count). The molecule has 1 aliphatic rings. The van der Waals surface area contributed by atoms with Crippen molar-refractivity contribution in [2.24, 2.45) is 0 Å². The van der Waals surface area contributed by atoms with Gasteiger partial charge < -0.3 is 9.47 Å². The first kappa shape index (κ1) is 13.7. The van der Waals surface area contributed by atoms with E-state index >= 15 is 0 Å². The largest absolute Gasteiger partial charge is 0.485 e. The summed E-state index contributed by atoms with van der Waals surface area (Å²) in [6.45, 7) is 2.98. The molecular weight excluding hydrogens is 244 g/mol. The standard InChI is InChI=1S/C15H24O2S/c1-2-3-4-5-6-7-8-9-13-10-16-14-11-18-12-15(14)17-13/h11-13H,2-10H2,1H3. The van der Waals surface area contributed by atoms with E-state index in [1.54, 1.807) is 11.3 Å². The summed E-state index contributed by atoms with van der Waals surface area (Å²) in [6, 6.07) is 0. The summed E-state index contributed by atoms with van der Waals surface area (Å²) in [5.74, 6) is 1.87. The summed E-state index contributed by atoms with van der Waals surface area (Å²) in [5, 5.41) is 4.05. The van der Waals surface area contributed by atoms with Crippen molar-refractivity contribution in [3.63, 3.8) is 0 Å². The Labute approximate surface area is 114 Å². The molecule has 2 heterocycles. The molecule has 102 valence electrons. The molecule has 1 aromatic rings. The van der Waals surface area contributed by atoms with Crippen molar-refractivity contribution >= 4 is 11.3 Å². The van der Waals surface area contributed by atoms with Gasteiger partial charge in [0, 0.05) is 10.8 Å². The average molecular weight is 268 g/mol. The maximum atomic E-state index is 5.90. The number of hydrogen-bond donors (Lipinski definition) is 0. The van der Waals surface area contributed by atoms with Crippen LogP contribution in [0.15, 0.2) is 10.8 Å². The highest BCUT2D eigenvalue weighted by Crippen LogP contribution is 2.36. The van der Waals surface area contributed by atoms with Gasteiger partial charge in [-0.15, -0.1) is 11.3 Å². The molecule has 18 heavy (non-hydrogen) atoms. The Morgan fingerprint density at radius 2 is 1.78 bits per heavy atom. The first-order chi connectivity index (χ1) is 8.90. The Morgan fingerprint density at radius 1 is 1.06 bits per heavy atom. The first-order valence-electron chi connectivity index (χ1n) is 7.25. The van der Waals surface area contributed by atoms with Crippen LogP contribution in [-0.4, -0.2) is 12.7 Å². The molecule has 0 amide bonds. The van der Waals surface area contributed by atoms with Crippen LogP contribution in [0.4, 0.5) is 0 Å². The molecule has 1 aromatic heterocycles. The van der Waals surface area contributed by atoms with E-state index in [4.69, 9.17) is 9.47 Å².